The second kappa shape index (κ2) is 6.06. The summed E-state index contributed by atoms with van der Waals surface area (Å²) in [5.41, 5.74) is 2.60. The van der Waals surface area contributed by atoms with Gasteiger partial charge < -0.3 is 10.6 Å². The summed E-state index contributed by atoms with van der Waals surface area (Å²) in [5.74, 6) is 0. The van der Waals surface area contributed by atoms with Crippen molar-refractivity contribution in [1.29, 1.82) is 0 Å². The molecule has 1 heterocycles. The third-order valence-corrected chi connectivity index (χ3v) is 3.60. The van der Waals surface area contributed by atoms with Gasteiger partial charge in [-0.15, -0.1) is 0 Å². The maximum Gasteiger partial charge on any atom is 0.0371 e. The van der Waals surface area contributed by atoms with Crippen LogP contribution in [0, 0.1) is 6.92 Å². The first kappa shape index (κ1) is 12.4. The zero-order valence-corrected chi connectivity index (χ0v) is 11.0. The van der Waals surface area contributed by atoms with Crippen LogP contribution < -0.4 is 10.6 Å². The highest BCUT2D eigenvalue weighted by molar-refractivity contribution is 5.50. The molecule has 1 aliphatic rings. The van der Waals surface area contributed by atoms with E-state index in [1.54, 1.807) is 0 Å². The number of aryl methyl sites for hydroxylation is 1. The summed E-state index contributed by atoms with van der Waals surface area (Å²) in [5, 5.41) is 7.23. The Labute approximate surface area is 105 Å². The Bertz CT molecular complexity index is 343. The quantitative estimate of drug-likeness (QED) is 0.832. The summed E-state index contributed by atoms with van der Waals surface area (Å²) in [7, 11) is 0. The molecule has 2 atom stereocenters. The second-order valence-corrected chi connectivity index (χ2v) is 5.24. The molecule has 2 heteroatoms. The Morgan fingerprint density at radius 1 is 1.35 bits per heavy atom. The van der Waals surface area contributed by atoms with E-state index in [0.29, 0.717) is 12.1 Å². The lowest BCUT2D eigenvalue weighted by Gasteiger charge is -2.27. The van der Waals surface area contributed by atoms with Gasteiger partial charge in [0.25, 0.3) is 0 Å². The number of piperidine rings is 1. The average molecular weight is 232 g/mol. The monoisotopic (exact) mass is 232 g/mol. The van der Waals surface area contributed by atoms with E-state index in [4.69, 9.17) is 0 Å². The molecule has 17 heavy (non-hydrogen) atoms. The Hall–Kier alpha value is -1.02. The van der Waals surface area contributed by atoms with Crippen LogP contribution in [-0.4, -0.2) is 18.6 Å². The highest BCUT2D eigenvalue weighted by Gasteiger charge is 2.15. The minimum absolute atomic E-state index is 0.534. The average Bonchev–Trinajstić information content (AvgIpc) is 2.33. The lowest BCUT2D eigenvalue weighted by Crippen LogP contribution is -2.37. The van der Waals surface area contributed by atoms with Gasteiger partial charge in [-0.1, -0.05) is 24.6 Å². The first-order valence-corrected chi connectivity index (χ1v) is 6.81. The molecule has 1 fully saturated rings. The first-order valence-electron chi connectivity index (χ1n) is 6.81. The van der Waals surface area contributed by atoms with Crippen molar-refractivity contribution in [2.45, 2.75) is 51.6 Å². The number of nitrogens with one attached hydrogen (secondary N) is 2. The topological polar surface area (TPSA) is 24.1 Å². The van der Waals surface area contributed by atoms with Crippen molar-refractivity contribution in [3.8, 4) is 0 Å². The van der Waals surface area contributed by atoms with Crippen LogP contribution in [0.4, 0.5) is 5.69 Å². The summed E-state index contributed by atoms with van der Waals surface area (Å²) < 4.78 is 0. The van der Waals surface area contributed by atoms with E-state index in [-0.39, 0.29) is 0 Å². The van der Waals surface area contributed by atoms with Gasteiger partial charge in [-0.05, 0) is 51.3 Å². The van der Waals surface area contributed by atoms with Crippen molar-refractivity contribution in [3.05, 3.63) is 29.8 Å². The van der Waals surface area contributed by atoms with Gasteiger partial charge in [0.1, 0.15) is 0 Å². The molecule has 0 spiro atoms. The van der Waals surface area contributed by atoms with Crippen LogP contribution in [0.2, 0.25) is 0 Å². The number of hydrogen-bond donors (Lipinski definition) is 2. The van der Waals surface area contributed by atoms with Gasteiger partial charge >= 0.3 is 0 Å². The molecule has 94 valence electrons. The van der Waals surface area contributed by atoms with Crippen molar-refractivity contribution in [2.75, 3.05) is 11.9 Å². The zero-order valence-electron chi connectivity index (χ0n) is 11.0. The SMILES string of the molecule is Cc1ccccc1NC(C)CC1CCCCN1. The number of benzene rings is 1. The third kappa shape index (κ3) is 3.74. The normalized spacial score (nSPS) is 22.1. The number of para-hydroxylation sites is 1. The van der Waals surface area contributed by atoms with Crippen LogP contribution in [0.5, 0.6) is 0 Å². The van der Waals surface area contributed by atoms with Crippen molar-refractivity contribution >= 4 is 5.69 Å². The molecule has 1 aromatic carbocycles. The Kier molecular flexibility index (Phi) is 4.43. The molecule has 2 N–H and O–H groups in total. The van der Waals surface area contributed by atoms with Crippen LogP contribution in [-0.2, 0) is 0 Å². The smallest absolute Gasteiger partial charge is 0.0371 e. The van der Waals surface area contributed by atoms with Crippen LogP contribution in [0.3, 0.4) is 0 Å². The lowest BCUT2D eigenvalue weighted by molar-refractivity contribution is 0.371. The molecule has 1 saturated heterocycles. The number of hydrogen-bond acceptors (Lipinski definition) is 2. The summed E-state index contributed by atoms with van der Waals surface area (Å²) in [6.07, 6.45) is 5.28. The van der Waals surface area contributed by atoms with E-state index >= 15 is 0 Å². The summed E-state index contributed by atoms with van der Waals surface area (Å²) in [6, 6.07) is 9.75. The van der Waals surface area contributed by atoms with E-state index in [1.807, 2.05) is 0 Å². The predicted octanol–water partition coefficient (Wildman–Crippen LogP) is 3.33. The second-order valence-electron chi connectivity index (χ2n) is 5.24. The fourth-order valence-corrected chi connectivity index (χ4v) is 2.61. The van der Waals surface area contributed by atoms with E-state index in [9.17, 15) is 0 Å². The lowest BCUT2D eigenvalue weighted by atomic mass is 9.98. The Morgan fingerprint density at radius 2 is 2.18 bits per heavy atom. The molecule has 0 aliphatic carbocycles. The molecule has 2 rings (SSSR count). The third-order valence-electron chi connectivity index (χ3n) is 3.60. The van der Waals surface area contributed by atoms with Gasteiger partial charge in [0.15, 0.2) is 0 Å². The summed E-state index contributed by atoms with van der Waals surface area (Å²) in [6.45, 7) is 5.64. The molecule has 1 aliphatic heterocycles. The van der Waals surface area contributed by atoms with Crippen LogP contribution in [0.25, 0.3) is 0 Å². The van der Waals surface area contributed by atoms with E-state index in [0.717, 1.165) is 0 Å². The van der Waals surface area contributed by atoms with E-state index in [2.05, 4.69) is 48.7 Å². The standard InChI is InChI=1S/C15H24N2/c1-12-7-3-4-9-15(12)17-13(2)11-14-8-5-6-10-16-14/h3-4,7,9,13-14,16-17H,5-6,8,10-11H2,1-2H3. The highest BCUT2D eigenvalue weighted by Crippen LogP contribution is 2.18. The maximum atomic E-state index is 3.62. The predicted molar refractivity (Wildman–Crippen MR) is 74.5 cm³/mol. The van der Waals surface area contributed by atoms with Gasteiger partial charge in [0.2, 0.25) is 0 Å². The van der Waals surface area contributed by atoms with E-state index < -0.39 is 0 Å². The van der Waals surface area contributed by atoms with Gasteiger partial charge in [-0.25, -0.2) is 0 Å². The number of rotatable bonds is 4. The molecule has 0 bridgehead atoms. The van der Waals surface area contributed by atoms with Crippen LogP contribution in [0.15, 0.2) is 24.3 Å². The maximum absolute atomic E-state index is 3.62. The zero-order chi connectivity index (χ0) is 12.1. The molecule has 0 amide bonds. The molecule has 2 nitrogen and oxygen atoms in total. The largest absolute Gasteiger partial charge is 0.382 e. The van der Waals surface area contributed by atoms with E-state index in [1.165, 1.54) is 43.5 Å². The van der Waals surface area contributed by atoms with Crippen molar-refractivity contribution in [3.63, 3.8) is 0 Å². The van der Waals surface area contributed by atoms with Crippen molar-refractivity contribution in [1.82, 2.24) is 5.32 Å². The van der Waals surface area contributed by atoms with Gasteiger partial charge in [0.05, 0.1) is 0 Å². The van der Waals surface area contributed by atoms with Gasteiger partial charge in [-0.3, -0.25) is 0 Å². The van der Waals surface area contributed by atoms with Gasteiger partial charge in [-0.2, -0.15) is 0 Å². The molecule has 0 saturated carbocycles. The molecule has 0 radical (unpaired) electrons. The van der Waals surface area contributed by atoms with Crippen LogP contribution in [0.1, 0.15) is 38.2 Å². The minimum Gasteiger partial charge on any atom is -0.382 e. The fraction of sp³-hybridized carbons (Fsp3) is 0.600. The first-order chi connectivity index (χ1) is 8.25. The van der Waals surface area contributed by atoms with Crippen molar-refractivity contribution in [2.24, 2.45) is 0 Å². The summed E-state index contributed by atoms with van der Waals surface area (Å²) in [4.78, 5) is 0. The molecule has 1 aromatic rings. The molecule has 0 aromatic heterocycles. The highest BCUT2D eigenvalue weighted by atomic mass is 15.0. The Balaban J connectivity index is 1.84. The fourth-order valence-electron chi connectivity index (χ4n) is 2.61. The molecule has 2 unspecified atom stereocenters. The minimum atomic E-state index is 0.534. The Morgan fingerprint density at radius 3 is 2.88 bits per heavy atom. The molecular weight excluding hydrogens is 208 g/mol. The van der Waals surface area contributed by atoms with Crippen LogP contribution >= 0.6 is 0 Å². The summed E-state index contributed by atoms with van der Waals surface area (Å²) >= 11 is 0. The van der Waals surface area contributed by atoms with Gasteiger partial charge in [0, 0.05) is 17.8 Å². The van der Waals surface area contributed by atoms with Crippen molar-refractivity contribution < 1.29 is 0 Å². The molecular formula is C15H24N2. The number of anilines is 1.